The van der Waals surface area contributed by atoms with E-state index in [1.165, 1.54) is 18.2 Å². The van der Waals surface area contributed by atoms with Gasteiger partial charge in [-0.25, -0.2) is 13.9 Å². The van der Waals surface area contributed by atoms with Gasteiger partial charge in [-0.15, -0.1) is 0 Å². The molecule has 0 unspecified atom stereocenters. The van der Waals surface area contributed by atoms with Crippen LogP contribution in [0.2, 0.25) is 0 Å². The quantitative estimate of drug-likeness (QED) is 0.610. The van der Waals surface area contributed by atoms with E-state index in [0.717, 1.165) is 18.5 Å². The molecular weight excluding hydrogens is 423 g/mol. The highest BCUT2D eigenvalue weighted by Gasteiger charge is 2.26. The number of benzene rings is 2. The fourth-order valence-electron chi connectivity index (χ4n) is 3.95. The zero-order valence-corrected chi connectivity index (χ0v) is 18.7. The summed E-state index contributed by atoms with van der Waals surface area (Å²) in [7, 11) is 3.93. The molecule has 9 heteroatoms. The van der Waals surface area contributed by atoms with Crippen LogP contribution >= 0.6 is 0 Å². The Labute approximate surface area is 192 Å². The number of amides is 3. The van der Waals surface area contributed by atoms with Crippen molar-refractivity contribution in [1.29, 1.82) is 0 Å². The second kappa shape index (κ2) is 9.72. The predicted octanol–water partition coefficient (Wildman–Crippen LogP) is 4.21. The van der Waals surface area contributed by atoms with Crippen molar-refractivity contribution < 1.29 is 14.0 Å². The second-order valence-corrected chi connectivity index (χ2v) is 8.22. The molecule has 0 aliphatic carbocycles. The molecule has 1 aliphatic heterocycles. The first-order chi connectivity index (χ1) is 15.9. The number of carbonyl (C=O) groups excluding carboxylic acids is 2. The lowest BCUT2D eigenvalue weighted by molar-refractivity contribution is 0.0691. The van der Waals surface area contributed by atoms with E-state index in [9.17, 15) is 14.0 Å². The molecule has 1 aliphatic rings. The molecule has 0 radical (unpaired) electrons. The summed E-state index contributed by atoms with van der Waals surface area (Å²) in [4.78, 5) is 29.1. The summed E-state index contributed by atoms with van der Waals surface area (Å²) in [6.07, 6.45) is 3.08. The number of hydrogen-bond acceptors (Lipinski definition) is 4. The van der Waals surface area contributed by atoms with Crippen LogP contribution in [0, 0.1) is 5.82 Å². The van der Waals surface area contributed by atoms with Crippen molar-refractivity contribution in [3.8, 4) is 0 Å². The fourth-order valence-corrected chi connectivity index (χ4v) is 3.95. The summed E-state index contributed by atoms with van der Waals surface area (Å²) in [5.41, 5.74) is 2.09. The summed E-state index contributed by atoms with van der Waals surface area (Å²) in [6, 6.07) is 14.6. The molecule has 1 fully saturated rings. The molecule has 0 spiro atoms. The van der Waals surface area contributed by atoms with Gasteiger partial charge >= 0.3 is 6.03 Å². The Morgan fingerprint density at radius 2 is 1.76 bits per heavy atom. The number of piperidine rings is 1. The summed E-state index contributed by atoms with van der Waals surface area (Å²) >= 11 is 0. The number of urea groups is 1. The van der Waals surface area contributed by atoms with Crippen LogP contribution < -0.4 is 15.5 Å². The Hall–Kier alpha value is -3.88. The van der Waals surface area contributed by atoms with Crippen molar-refractivity contribution in [2.24, 2.45) is 0 Å². The summed E-state index contributed by atoms with van der Waals surface area (Å²) in [5.74, 6) is 0.146. The minimum atomic E-state index is -0.476. The van der Waals surface area contributed by atoms with Gasteiger partial charge in [-0.1, -0.05) is 6.07 Å². The number of anilines is 3. The SMILES string of the molecule is CN(C)c1ccc(C(=O)N2CCC(n3nccc3NC(=O)Nc3cccc(F)c3)CC2)cc1. The van der Waals surface area contributed by atoms with Crippen LogP contribution in [0.5, 0.6) is 0 Å². The second-order valence-electron chi connectivity index (χ2n) is 8.22. The predicted molar refractivity (Wildman–Crippen MR) is 126 cm³/mol. The van der Waals surface area contributed by atoms with E-state index in [1.807, 2.05) is 48.2 Å². The molecule has 1 saturated heterocycles. The molecule has 2 N–H and O–H groups in total. The lowest BCUT2D eigenvalue weighted by Gasteiger charge is -2.33. The van der Waals surface area contributed by atoms with Crippen molar-refractivity contribution >= 4 is 29.1 Å². The summed E-state index contributed by atoms with van der Waals surface area (Å²) in [6.45, 7) is 1.21. The van der Waals surface area contributed by atoms with Gasteiger partial charge in [0.15, 0.2) is 0 Å². The van der Waals surface area contributed by atoms with Crippen LogP contribution in [0.3, 0.4) is 0 Å². The summed E-state index contributed by atoms with van der Waals surface area (Å²) < 4.78 is 15.1. The molecule has 3 amide bonds. The third-order valence-corrected chi connectivity index (χ3v) is 5.72. The molecule has 0 saturated carbocycles. The maximum Gasteiger partial charge on any atom is 0.324 e. The van der Waals surface area contributed by atoms with E-state index in [2.05, 4.69) is 15.7 Å². The Morgan fingerprint density at radius 3 is 2.42 bits per heavy atom. The monoisotopic (exact) mass is 450 g/mol. The molecular formula is C24H27FN6O2. The number of nitrogens with one attached hydrogen (secondary N) is 2. The minimum absolute atomic E-state index is 0.0204. The first-order valence-corrected chi connectivity index (χ1v) is 10.8. The maximum atomic E-state index is 13.3. The smallest absolute Gasteiger partial charge is 0.324 e. The van der Waals surface area contributed by atoms with Crippen molar-refractivity contribution in [3.05, 3.63) is 72.2 Å². The third kappa shape index (κ3) is 5.31. The van der Waals surface area contributed by atoms with Crippen LogP contribution in [0.15, 0.2) is 60.8 Å². The van der Waals surface area contributed by atoms with E-state index >= 15 is 0 Å². The first-order valence-electron chi connectivity index (χ1n) is 10.8. The average molecular weight is 451 g/mol. The van der Waals surface area contributed by atoms with E-state index in [1.54, 1.807) is 23.0 Å². The van der Waals surface area contributed by atoms with E-state index in [-0.39, 0.29) is 11.9 Å². The molecule has 8 nitrogen and oxygen atoms in total. The number of hydrogen-bond donors (Lipinski definition) is 2. The topological polar surface area (TPSA) is 82.5 Å². The van der Waals surface area contributed by atoms with Gasteiger partial charge in [-0.2, -0.15) is 5.10 Å². The van der Waals surface area contributed by atoms with Crippen molar-refractivity contribution in [3.63, 3.8) is 0 Å². The number of halogens is 1. The molecule has 2 aromatic carbocycles. The third-order valence-electron chi connectivity index (χ3n) is 5.72. The highest BCUT2D eigenvalue weighted by atomic mass is 19.1. The number of rotatable bonds is 5. The maximum absolute atomic E-state index is 13.3. The Kier molecular flexibility index (Phi) is 6.58. The van der Waals surface area contributed by atoms with Crippen molar-refractivity contribution in [2.45, 2.75) is 18.9 Å². The molecule has 172 valence electrons. The standard InChI is InChI=1S/C24H27FN6O2/c1-29(2)20-8-6-17(7-9-20)23(32)30-14-11-21(12-15-30)31-22(10-13-26-31)28-24(33)27-19-5-3-4-18(25)16-19/h3-10,13,16,21H,11-12,14-15H2,1-2H3,(H2,27,28,33). The molecule has 4 rings (SSSR count). The molecule has 1 aromatic heterocycles. The molecule has 33 heavy (non-hydrogen) atoms. The zero-order chi connectivity index (χ0) is 23.4. The summed E-state index contributed by atoms with van der Waals surface area (Å²) in [5, 5.41) is 9.76. The van der Waals surface area contributed by atoms with E-state index in [4.69, 9.17) is 0 Å². The molecule has 0 atom stereocenters. The van der Waals surface area contributed by atoms with Gasteiger partial charge in [0.05, 0.1) is 12.2 Å². The van der Waals surface area contributed by atoms with Gasteiger partial charge < -0.3 is 15.1 Å². The number of likely N-dealkylation sites (tertiary alicyclic amines) is 1. The Bertz CT molecular complexity index is 1120. The zero-order valence-electron chi connectivity index (χ0n) is 18.7. The van der Waals surface area contributed by atoms with Gasteiger partial charge in [-0.05, 0) is 55.3 Å². The van der Waals surface area contributed by atoms with Crippen LogP contribution in [0.25, 0.3) is 0 Å². The van der Waals surface area contributed by atoms with Gasteiger partial charge in [0.25, 0.3) is 5.91 Å². The van der Waals surface area contributed by atoms with Gasteiger partial charge in [0.1, 0.15) is 11.6 Å². The van der Waals surface area contributed by atoms with Crippen molar-refractivity contribution in [2.75, 3.05) is 42.7 Å². The normalized spacial score (nSPS) is 14.1. The average Bonchev–Trinajstić information content (AvgIpc) is 3.26. The van der Waals surface area contributed by atoms with Crippen LogP contribution in [-0.2, 0) is 0 Å². The van der Waals surface area contributed by atoms with Crippen LogP contribution in [0.1, 0.15) is 29.2 Å². The number of aromatic nitrogens is 2. The van der Waals surface area contributed by atoms with Crippen LogP contribution in [0.4, 0.5) is 26.4 Å². The first kappa shape index (κ1) is 22.3. The fraction of sp³-hybridized carbons (Fsp3) is 0.292. The lowest BCUT2D eigenvalue weighted by Crippen LogP contribution is -2.39. The number of nitrogens with zero attached hydrogens (tertiary/aromatic N) is 4. The van der Waals surface area contributed by atoms with Gasteiger partial charge in [0, 0.05) is 50.2 Å². The van der Waals surface area contributed by atoms with Gasteiger partial charge in [-0.3, -0.25) is 10.1 Å². The molecule has 3 aromatic rings. The lowest BCUT2D eigenvalue weighted by atomic mass is 10.0. The van der Waals surface area contributed by atoms with Gasteiger partial charge in [0.2, 0.25) is 0 Å². The van der Waals surface area contributed by atoms with Crippen LogP contribution in [-0.4, -0.2) is 53.8 Å². The Balaban J connectivity index is 1.34. The van der Waals surface area contributed by atoms with E-state index in [0.29, 0.717) is 30.2 Å². The highest BCUT2D eigenvalue weighted by molar-refractivity contribution is 5.99. The highest BCUT2D eigenvalue weighted by Crippen LogP contribution is 2.26. The van der Waals surface area contributed by atoms with Crippen molar-refractivity contribution in [1.82, 2.24) is 14.7 Å². The molecule has 2 heterocycles. The largest absolute Gasteiger partial charge is 0.378 e. The number of carbonyl (C=O) groups is 2. The van der Waals surface area contributed by atoms with E-state index < -0.39 is 11.8 Å². The Morgan fingerprint density at radius 1 is 1.03 bits per heavy atom. The minimum Gasteiger partial charge on any atom is -0.378 e. The molecule has 0 bridgehead atoms.